The number of nitrogens with zero attached hydrogens (tertiary/aromatic N) is 1. The van der Waals surface area contributed by atoms with Crippen LogP contribution in [-0.2, 0) is 11.6 Å². The Morgan fingerprint density at radius 3 is 1.35 bits per heavy atom. The van der Waals surface area contributed by atoms with Crippen LogP contribution < -0.4 is 4.90 Å². The van der Waals surface area contributed by atoms with Crippen molar-refractivity contribution in [3.05, 3.63) is 234 Å². The smallest absolute Gasteiger partial charge is 0.310 e. The van der Waals surface area contributed by atoms with E-state index in [4.69, 9.17) is 0 Å². The summed E-state index contributed by atoms with van der Waals surface area (Å²) >= 11 is 0. The predicted molar refractivity (Wildman–Crippen MR) is 240 cm³/mol. The summed E-state index contributed by atoms with van der Waals surface area (Å²) in [6.45, 7) is 0. The van der Waals surface area contributed by atoms with E-state index in [1.165, 1.54) is 71.4 Å². The van der Waals surface area contributed by atoms with Crippen LogP contribution in [0.25, 0.3) is 65.7 Å². The highest BCUT2D eigenvalue weighted by Crippen LogP contribution is 2.64. The van der Waals surface area contributed by atoms with Crippen LogP contribution in [0, 0.1) is 0 Å². The molecule has 0 aliphatic heterocycles. The number of halogens is 3. The molecule has 0 unspecified atom stereocenters. The number of rotatable bonds is 4. The molecule has 0 fully saturated rings. The molecule has 1 spiro atoms. The molecule has 284 valence electrons. The number of fused-ring (bicyclic) bond motifs is 16. The molecule has 60 heavy (non-hydrogen) atoms. The summed E-state index contributed by atoms with van der Waals surface area (Å²) < 4.78 is 40.4. The van der Waals surface area contributed by atoms with Gasteiger partial charge in [-0.2, -0.15) is 13.2 Å². The summed E-state index contributed by atoms with van der Waals surface area (Å²) in [5.41, 5.74) is 13.3. The first-order chi connectivity index (χ1) is 29.4. The number of alkyl halides is 3. The fourth-order valence-electron chi connectivity index (χ4n) is 10.4. The minimum absolute atomic E-state index is 0.508. The van der Waals surface area contributed by atoms with Crippen molar-refractivity contribution >= 4 is 49.4 Å². The Bertz CT molecular complexity index is 3280. The van der Waals surface area contributed by atoms with E-state index in [9.17, 15) is 13.2 Å². The van der Waals surface area contributed by atoms with Crippen molar-refractivity contribution in [3.63, 3.8) is 0 Å². The summed E-state index contributed by atoms with van der Waals surface area (Å²) in [6, 6.07) is 70.9. The zero-order valence-corrected chi connectivity index (χ0v) is 32.2. The highest BCUT2D eigenvalue weighted by Gasteiger charge is 2.52. The molecule has 0 N–H and O–H groups in total. The van der Waals surface area contributed by atoms with E-state index in [0.717, 1.165) is 45.7 Å². The predicted octanol–water partition coefficient (Wildman–Crippen LogP) is 15.6. The van der Waals surface area contributed by atoms with E-state index in [2.05, 4.69) is 175 Å². The number of hydrogen-bond acceptors (Lipinski definition) is 1. The largest absolute Gasteiger partial charge is 0.416 e. The normalized spacial score (nSPS) is 13.4. The van der Waals surface area contributed by atoms with Crippen LogP contribution in [0.15, 0.2) is 206 Å². The molecular formula is C56H34F3N. The van der Waals surface area contributed by atoms with Gasteiger partial charge in [-0.05, 0) is 125 Å². The molecule has 0 saturated heterocycles. The average molecular weight is 778 g/mol. The molecule has 0 atom stereocenters. The second-order valence-corrected chi connectivity index (χ2v) is 15.9. The maximum Gasteiger partial charge on any atom is 0.416 e. The Morgan fingerprint density at radius 2 is 0.783 bits per heavy atom. The second-order valence-electron chi connectivity index (χ2n) is 15.9. The molecule has 0 saturated carbocycles. The van der Waals surface area contributed by atoms with E-state index in [-0.39, 0.29) is 0 Å². The summed E-state index contributed by atoms with van der Waals surface area (Å²) in [5.74, 6) is 0. The van der Waals surface area contributed by atoms with Crippen LogP contribution in [0.5, 0.6) is 0 Å². The molecular weight excluding hydrogens is 744 g/mol. The van der Waals surface area contributed by atoms with Gasteiger partial charge in [0.05, 0.1) is 16.7 Å². The first kappa shape index (κ1) is 34.6. The Labute approximate surface area is 345 Å². The quantitative estimate of drug-likeness (QED) is 0.161. The molecule has 1 nitrogen and oxygen atoms in total. The third-order valence-corrected chi connectivity index (χ3v) is 12.9. The lowest BCUT2D eigenvalue weighted by molar-refractivity contribution is -0.137. The lowest BCUT2D eigenvalue weighted by atomic mass is 9.70. The standard InChI is InChI=1S/C56H34F3N/c57-56(58,59)37-28-24-35(25-29-37)36-26-30-38(31-27-36)60(39-32-33-44-42-14-2-1-12-40(42)41-13-3-4-15-43(41)48(44)34-39)53-23-11-22-52-54(53)47-18-7-10-21-51(47)55(52)49-19-8-5-16-45(49)46-17-6-9-20-50(46)55/h1-34H. The Hall–Kier alpha value is -7.43. The van der Waals surface area contributed by atoms with Crippen molar-refractivity contribution in [2.75, 3.05) is 4.90 Å². The molecule has 0 radical (unpaired) electrons. The van der Waals surface area contributed by atoms with Crippen molar-refractivity contribution in [3.8, 4) is 33.4 Å². The lowest BCUT2D eigenvalue weighted by Gasteiger charge is -2.32. The molecule has 10 aromatic carbocycles. The molecule has 0 bridgehead atoms. The van der Waals surface area contributed by atoms with E-state index < -0.39 is 17.2 Å². The maximum absolute atomic E-state index is 13.5. The van der Waals surface area contributed by atoms with Gasteiger partial charge in [-0.3, -0.25) is 0 Å². The van der Waals surface area contributed by atoms with Gasteiger partial charge in [0.2, 0.25) is 0 Å². The van der Waals surface area contributed by atoms with Gasteiger partial charge in [0.25, 0.3) is 0 Å². The number of hydrogen-bond donors (Lipinski definition) is 0. The van der Waals surface area contributed by atoms with Crippen LogP contribution in [0.4, 0.5) is 30.2 Å². The second kappa shape index (κ2) is 12.8. The average Bonchev–Trinajstić information content (AvgIpc) is 3.77. The third-order valence-electron chi connectivity index (χ3n) is 12.9. The lowest BCUT2D eigenvalue weighted by Crippen LogP contribution is -2.26. The monoisotopic (exact) mass is 777 g/mol. The van der Waals surface area contributed by atoms with Gasteiger partial charge in [0.1, 0.15) is 0 Å². The van der Waals surface area contributed by atoms with Crippen LogP contribution in [-0.4, -0.2) is 0 Å². The molecule has 12 rings (SSSR count). The van der Waals surface area contributed by atoms with Crippen molar-refractivity contribution in [1.82, 2.24) is 0 Å². The highest BCUT2D eigenvalue weighted by atomic mass is 19.4. The summed E-state index contributed by atoms with van der Waals surface area (Å²) in [4.78, 5) is 2.36. The van der Waals surface area contributed by atoms with E-state index in [1.807, 2.05) is 12.1 Å². The first-order valence-corrected chi connectivity index (χ1v) is 20.2. The maximum atomic E-state index is 13.5. The first-order valence-electron chi connectivity index (χ1n) is 20.2. The van der Waals surface area contributed by atoms with E-state index in [1.54, 1.807) is 12.1 Å². The molecule has 2 aliphatic carbocycles. The van der Waals surface area contributed by atoms with Crippen LogP contribution in [0.2, 0.25) is 0 Å². The fraction of sp³-hybridized carbons (Fsp3) is 0.0357. The van der Waals surface area contributed by atoms with Crippen molar-refractivity contribution in [2.45, 2.75) is 11.6 Å². The van der Waals surface area contributed by atoms with E-state index >= 15 is 0 Å². The van der Waals surface area contributed by atoms with Gasteiger partial charge in [-0.1, -0.05) is 164 Å². The van der Waals surface area contributed by atoms with Gasteiger partial charge < -0.3 is 4.90 Å². The van der Waals surface area contributed by atoms with E-state index in [0.29, 0.717) is 0 Å². The number of anilines is 3. The molecule has 2 aliphatic rings. The topological polar surface area (TPSA) is 3.24 Å². The van der Waals surface area contributed by atoms with Crippen LogP contribution in [0.3, 0.4) is 0 Å². The Morgan fingerprint density at radius 1 is 0.350 bits per heavy atom. The SMILES string of the molecule is FC(F)(F)c1ccc(-c2ccc(N(c3ccc4c5ccccc5c5ccccc5c4c3)c3cccc4c3-c3ccccc3C43c4ccccc4-c4ccccc43)cc2)cc1. The zero-order valence-electron chi connectivity index (χ0n) is 32.2. The fourth-order valence-corrected chi connectivity index (χ4v) is 10.4. The zero-order chi connectivity index (χ0) is 40.2. The molecule has 0 amide bonds. The van der Waals surface area contributed by atoms with Gasteiger partial charge in [-0.25, -0.2) is 0 Å². The third kappa shape index (κ3) is 4.82. The number of benzene rings is 10. The summed E-state index contributed by atoms with van der Waals surface area (Å²) in [6.07, 6.45) is -4.39. The summed E-state index contributed by atoms with van der Waals surface area (Å²) in [7, 11) is 0. The molecule has 0 aromatic heterocycles. The minimum atomic E-state index is -4.39. The van der Waals surface area contributed by atoms with Gasteiger partial charge in [-0.15, -0.1) is 0 Å². The van der Waals surface area contributed by atoms with Crippen molar-refractivity contribution in [1.29, 1.82) is 0 Å². The molecule has 10 aromatic rings. The van der Waals surface area contributed by atoms with Crippen LogP contribution in [0.1, 0.15) is 27.8 Å². The van der Waals surface area contributed by atoms with Crippen molar-refractivity contribution in [2.24, 2.45) is 0 Å². The van der Waals surface area contributed by atoms with Gasteiger partial charge in [0.15, 0.2) is 0 Å². The molecule has 4 heteroatoms. The minimum Gasteiger partial charge on any atom is -0.310 e. The Kier molecular flexibility index (Phi) is 7.37. The Balaban J connectivity index is 1.12. The van der Waals surface area contributed by atoms with Crippen molar-refractivity contribution < 1.29 is 13.2 Å². The highest BCUT2D eigenvalue weighted by molar-refractivity contribution is 6.26. The molecule has 0 heterocycles. The van der Waals surface area contributed by atoms with Gasteiger partial charge in [0, 0.05) is 16.9 Å². The summed E-state index contributed by atoms with van der Waals surface area (Å²) in [5, 5.41) is 7.18. The van der Waals surface area contributed by atoms with Crippen LogP contribution >= 0.6 is 0 Å². The van der Waals surface area contributed by atoms with Gasteiger partial charge >= 0.3 is 6.18 Å².